The third kappa shape index (κ3) is 4.97. The molecule has 30 heavy (non-hydrogen) atoms. The summed E-state index contributed by atoms with van der Waals surface area (Å²) in [5, 5.41) is 7.41. The average molecular weight is 416 g/mol. The first kappa shape index (κ1) is 19.9. The summed E-state index contributed by atoms with van der Waals surface area (Å²) in [6.07, 6.45) is -0.810. The molecule has 0 bridgehead atoms. The number of hydrogen-bond acceptors (Lipinski definition) is 4. The Kier molecular flexibility index (Phi) is 5.43. The number of benzene rings is 1. The molecule has 2 heterocycles. The molecule has 0 unspecified atom stereocenters. The van der Waals surface area contributed by atoms with Crippen molar-refractivity contribution in [2.75, 3.05) is 6.54 Å². The first-order chi connectivity index (χ1) is 14.4. The summed E-state index contributed by atoms with van der Waals surface area (Å²) in [6.45, 7) is 0.822. The van der Waals surface area contributed by atoms with Crippen LogP contribution in [0.15, 0.2) is 54.7 Å². The molecule has 1 aromatic carbocycles. The number of aromatic nitrogens is 3. The van der Waals surface area contributed by atoms with Gasteiger partial charge >= 0.3 is 6.36 Å². The summed E-state index contributed by atoms with van der Waals surface area (Å²) in [7, 11) is 0. The van der Waals surface area contributed by atoms with Crippen LogP contribution in [0.4, 0.5) is 13.2 Å². The maximum absolute atomic E-state index is 12.3. The van der Waals surface area contributed by atoms with Gasteiger partial charge in [0.1, 0.15) is 11.4 Å². The van der Waals surface area contributed by atoms with Crippen molar-refractivity contribution >= 4 is 5.91 Å². The second kappa shape index (κ2) is 8.17. The standard InChI is InChI=1S/C21H19F3N4O2/c22-21(23,24)30-16-8-6-15(7-9-16)20(29)26-11-12-28-19(14-4-5-14)13-18(27-28)17-3-1-2-10-25-17/h1-3,6-10,13-14H,4-5,11-12H2,(H,26,29). The molecule has 3 aromatic rings. The summed E-state index contributed by atoms with van der Waals surface area (Å²) in [5.41, 5.74) is 2.97. The number of carbonyl (C=O) groups is 1. The van der Waals surface area contributed by atoms with Crippen LogP contribution in [0.25, 0.3) is 11.4 Å². The number of halogens is 3. The SMILES string of the molecule is O=C(NCCn1nc(-c2ccccn2)cc1C1CC1)c1ccc(OC(F)(F)F)cc1. The van der Waals surface area contributed by atoms with E-state index in [1.54, 1.807) is 6.20 Å². The number of alkyl halides is 3. The minimum atomic E-state index is -4.76. The molecule has 6 nitrogen and oxygen atoms in total. The van der Waals surface area contributed by atoms with E-state index in [4.69, 9.17) is 0 Å². The maximum Gasteiger partial charge on any atom is 0.573 e. The first-order valence-corrected chi connectivity index (χ1v) is 9.52. The van der Waals surface area contributed by atoms with Crippen molar-refractivity contribution < 1.29 is 22.7 Å². The van der Waals surface area contributed by atoms with Gasteiger partial charge in [0.15, 0.2) is 0 Å². The van der Waals surface area contributed by atoms with Crippen LogP contribution in [0, 0.1) is 0 Å². The highest BCUT2D eigenvalue weighted by molar-refractivity contribution is 5.94. The van der Waals surface area contributed by atoms with E-state index < -0.39 is 6.36 Å². The van der Waals surface area contributed by atoms with Crippen LogP contribution in [-0.2, 0) is 6.54 Å². The molecule has 1 amide bonds. The molecule has 0 saturated heterocycles. The lowest BCUT2D eigenvalue weighted by Gasteiger charge is -2.10. The Morgan fingerprint density at radius 1 is 1.13 bits per heavy atom. The Balaban J connectivity index is 1.37. The van der Waals surface area contributed by atoms with E-state index in [0.29, 0.717) is 19.0 Å². The van der Waals surface area contributed by atoms with Crippen LogP contribution >= 0.6 is 0 Å². The summed E-state index contributed by atoms with van der Waals surface area (Å²) < 4.78 is 42.4. The van der Waals surface area contributed by atoms with Crippen molar-refractivity contribution in [3.8, 4) is 17.1 Å². The number of rotatable bonds is 7. The Bertz CT molecular complexity index is 1010. The predicted molar refractivity (Wildman–Crippen MR) is 103 cm³/mol. The first-order valence-electron chi connectivity index (χ1n) is 9.52. The molecule has 0 radical (unpaired) electrons. The number of nitrogens with one attached hydrogen (secondary N) is 1. The molecular weight excluding hydrogens is 397 g/mol. The van der Waals surface area contributed by atoms with Crippen molar-refractivity contribution in [2.45, 2.75) is 31.7 Å². The van der Waals surface area contributed by atoms with Gasteiger partial charge in [-0.3, -0.25) is 14.5 Å². The third-order valence-electron chi connectivity index (χ3n) is 4.69. The summed E-state index contributed by atoms with van der Waals surface area (Å²) in [4.78, 5) is 16.6. The Morgan fingerprint density at radius 3 is 2.53 bits per heavy atom. The van der Waals surface area contributed by atoms with E-state index in [2.05, 4.69) is 20.1 Å². The van der Waals surface area contributed by atoms with Gasteiger partial charge in [0.05, 0.1) is 12.2 Å². The molecule has 0 aliphatic heterocycles. The van der Waals surface area contributed by atoms with Gasteiger partial charge in [0.2, 0.25) is 0 Å². The molecule has 9 heteroatoms. The highest BCUT2D eigenvalue weighted by Gasteiger charge is 2.31. The van der Waals surface area contributed by atoms with Crippen LogP contribution in [0.2, 0.25) is 0 Å². The number of amides is 1. The lowest BCUT2D eigenvalue weighted by Crippen LogP contribution is -2.28. The molecule has 4 rings (SSSR count). The smallest absolute Gasteiger partial charge is 0.406 e. The van der Waals surface area contributed by atoms with Gasteiger partial charge in [-0.05, 0) is 55.3 Å². The van der Waals surface area contributed by atoms with Crippen LogP contribution in [0.3, 0.4) is 0 Å². The molecular formula is C21H19F3N4O2. The van der Waals surface area contributed by atoms with E-state index in [1.807, 2.05) is 28.9 Å². The second-order valence-electron chi connectivity index (χ2n) is 6.99. The van der Waals surface area contributed by atoms with Gasteiger partial charge in [-0.1, -0.05) is 6.07 Å². The maximum atomic E-state index is 12.3. The van der Waals surface area contributed by atoms with Gasteiger partial charge in [-0.15, -0.1) is 13.2 Å². The van der Waals surface area contributed by atoms with E-state index >= 15 is 0 Å². The zero-order valence-electron chi connectivity index (χ0n) is 15.9. The molecule has 1 fully saturated rings. The third-order valence-corrected chi connectivity index (χ3v) is 4.69. The van der Waals surface area contributed by atoms with Crippen molar-refractivity contribution in [3.05, 3.63) is 66.0 Å². The van der Waals surface area contributed by atoms with Crippen LogP contribution in [0.1, 0.15) is 34.8 Å². The van der Waals surface area contributed by atoms with E-state index in [1.165, 1.54) is 12.1 Å². The topological polar surface area (TPSA) is 69.0 Å². The van der Waals surface area contributed by atoms with E-state index in [-0.39, 0.29) is 17.2 Å². The average Bonchev–Trinajstić information content (AvgIpc) is 3.48. The van der Waals surface area contributed by atoms with Gasteiger partial charge in [-0.25, -0.2) is 0 Å². The molecule has 1 saturated carbocycles. The predicted octanol–water partition coefficient (Wildman–Crippen LogP) is 4.15. The number of ether oxygens (including phenoxy) is 1. The number of nitrogens with zero attached hydrogens (tertiary/aromatic N) is 3. The van der Waals surface area contributed by atoms with E-state index in [0.717, 1.165) is 42.1 Å². The van der Waals surface area contributed by atoms with Crippen LogP contribution in [-0.4, -0.2) is 33.6 Å². The highest BCUT2D eigenvalue weighted by Crippen LogP contribution is 2.41. The molecule has 1 N–H and O–H groups in total. The summed E-state index contributed by atoms with van der Waals surface area (Å²) in [6, 6.07) is 12.5. The van der Waals surface area contributed by atoms with Crippen molar-refractivity contribution in [1.29, 1.82) is 0 Å². The van der Waals surface area contributed by atoms with E-state index in [9.17, 15) is 18.0 Å². The summed E-state index contributed by atoms with van der Waals surface area (Å²) in [5.74, 6) is -0.266. The Labute approximate surface area is 170 Å². The molecule has 1 aliphatic rings. The Hall–Kier alpha value is -3.36. The monoisotopic (exact) mass is 416 g/mol. The minimum absolute atomic E-state index is 0.251. The number of carbonyl (C=O) groups excluding carboxylic acids is 1. The quantitative estimate of drug-likeness (QED) is 0.628. The highest BCUT2D eigenvalue weighted by atomic mass is 19.4. The van der Waals surface area contributed by atoms with Crippen molar-refractivity contribution in [1.82, 2.24) is 20.1 Å². The zero-order chi connectivity index (χ0) is 21.1. The molecule has 0 atom stereocenters. The zero-order valence-corrected chi connectivity index (χ0v) is 15.9. The van der Waals surface area contributed by atoms with Gasteiger partial charge < -0.3 is 10.1 Å². The molecule has 156 valence electrons. The van der Waals surface area contributed by atoms with Crippen LogP contribution < -0.4 is 10.1 Å². The van der Waals surface area contributed by atoms with Crippen molar-refractivity contribution in [2.24, 2.45) is 0 Å². The fourth-order valence-electron chi connectivity index (χ4n) is 3.14. The normalized spacial score (nSPS) is 13.8. The number of hydrogen-bond donors (Lipinski definition) is 1. The molecule has 2 aromatic heterocycles. The minimum Gasteiger partial charge on any atom is -0.406 e. The van der Waals surface area contributed by atoms with Crippen LogP contribution in [0.5, 0.6) is 5.75 Å². The number of pyridine rings is 1. The fraction of sp³-hybridized carbons (Fsp3) is 0.286. The second-order valence-corrected chi connectivity index (χ2v) is 6.99. The summed E-state index contributed by atoms with van der Waals surface area (Å²) >= 11 is 0. The fourth-order valence-corrected chi connectivity index (χ4v) is 3.14. The largest absolute Gasteiger partial charge is 0.573 e. The molecule has 0 spiro atoms. The van der Waals surface area contributed by atoms with Gasteiger partial charge in [0, 0.05) is 29.9 Å². The van der Waals surface area contributed by atoms with Gasteiger partial charge in [-0.2, -0.15) is 5.10 Å². The lowest BCUT2D eigenvalue weighted by atomic mass is 10.2. The Morgan fingerprint density at radius 2 is 1.90 bits per heavy atom. The molecule has 1 aliphatic carbocycles. The lowest BCUT2D eigenvalue weighted by molar-refractivity contribution is -0.274. The van der Waals surface area contributed by atoms with Crippen molar-refractivity contribution in [3.63, 3.8) is 0 Å². The van der Waals surface area contributed by atoms with Gasteiger partial charge in [0.25, 0.3) is 5.91 Å².